The Hall–Kier alpha value is -0.970. The summed E-state index contributed by atoms with van der Waals surface area (Å²) in [6.07, 6.45) is 2.92. The van der Waals surface area contributed by atoms with E-state index in [9.17, 15) is 4.79 Å². The molecule has 1 aromatic rings. The predicted octanol–water partition coefficient (Wildman–Crippen LogP) is 3.99. The maximum absolute atomic E-state index is 12.5. The molecule has 0 saturated carbocycles. The van der Waals surface area contributed by atoms with Crippen LogP contribution in [0.3, 0.4) is 0 Å². The smallest absolute Gasteiger partial charge is 0.321 e. The number of nitrogens with one attached hydrogen (secondary N) is 2. The lowest BCUT2D eigenvalue weighted by Crippen LogP contribution is -2.48. The molecule has 4 nitrogen and oxygen atoms in total. The normalized spacial score (nSPS) is 15.8. The summed E-state index contributed by atoms with van der Waals surface area (Å²) in [5, 5.41) is 7.26. The number of carbonyl (C=O) groups excluding carboxylic acids is 1. The van der Waals surface area contributed by atoms with Crippen molar-refractivity contribution in [1.82, 2.24) is 10.2 Å². The van der Waals surface area contributed by atoms with Crippen molar-refractivity contribution in [1.29, 1.82) is 0 Å². The molecule has 0 bridgehead atoms. The van der Waals surface area contributed by atoms with Crippen molar-refractivity contribution in [3.63, 3.8) is 0 Å². The first-order valence-corrected chi connectivity index (χ1v) is 8.10. The summed E-state index contributed by atoms with van der Waals surface area (Å²) < 4.78 is 0. The Kier molecular flexibility index (Phi) is 6.15. The number of hydrogen-bond acceptors (Lipinski definition) is 2. The summed E-state index contributed by atoms with van der Waals surface area (Å²) >= 11 is 11.9. The third-order valence-corrected chi connectivity index (χ3v) is 4.03. The van der Waals surface area contributed by atoms with Gasteiger partial charge < -0.3 is 15.5 Å². The Bertz CT molecular complexity index is 470. The van der Waals surface area contributed by atoms with Crippen molar-refractivity contribution in [3.05, 3.63) is 28.2 Å². The van der Waals surface area contributed by atoms with Crippen LogP contribution in [0.1, 0.15) is 26.2 Å². The number of rotatable bonds is 4. The molecule has 0 unspecified atom stereocenters. The lowest BCUT2D eigenvalue weighted by atomic mass is 10.0. The number of nitrogens with zero attached hydrogens (tertiary/aromatic N) is 1. The molecule has 0 aliphatic carbocycles. The highest BCUT2D eigenvalue weighted by molar-refractivity contribution is 6.35. The summed E-state index contributed by atoms with van der Waals surface area (Å²) in [7, 11) is 0. The van der Waals surface area contributed by atoms with Crippen molar-refractivity contribution in [2.45, 2.75) is 32.2 Å². The zero-order valence-electron chi connectivity index (χ0n) is 12.2. The third-order valence-electron chi connectivity index (χ3n) is 3.59. The molecule has 116 valence electrons. The second-order valence-corrected chi connectivity index (χ2v) is 6.14. The topological polar surface area (TPSA) is 44.4 Å². The third kappa shape index (κ3) is 4.77. The molecular formula is C15H21Cl2N3O. The first-order valence-electron chi connectivity index (χ1n) is 7.34. The van der Waals surface area contributed by atoms with Gasteiger partial charge in [0.15, 0.2) is 0 Å². The molecule has 1 saturated heterocycles. The number of carbonyl (C=O) groups is 1. The lowest BCUT2D eigenvalue weighted by molar-refractivity contribution is 0.171. The van der Waals surface area contributed by atoms with Crippen LogP contribution in [-0.2, 0) is 0 Å². The standard InChI is InChI=1S/C15H21Cl2N3O/c1-2-7-20(14-3-5-18-6-4-14)15(21)19-13-9-11(16)8-12(17)10-13/h8-10,14,18H,2-7H2,1H3,(H,19,21). The average molecular weight is 330 g/mol. The van der Waals surface area contributed by atoms with Crippen LogP contribution in [0.4, 0.5) is 10.5 Å². The fourth-order valence-electron chi connectivity index (χ4n) is 2.63. The molecule has 2 N–H and O–H groups in total. The SMILES string of the molecule is CCCN(C(=O)Nc1cc(Cl)cc(Cl)c1)C1CCNCC1. The van der Waals surface area contributed by atoms with Gasteiger partial charge >= 0.3 is 6.03 Å². The van der Waals surface area contributed by atoms with Crippen LogP contribution in [0.15, 0.2) is 18.2 Å². The second kappa shape index (κ2) is 7.87. The van der Waals surface area contributed by atoms with Crippen molar-refractivity contribution in [2.24, 2.45) is 0 Å². The fraction of sp³-hybridized carbons (Fsp3) is 0.533. The van der Waals surface area contributed by atoms with E-state index in [-0.39, 0.29) is 6.03 Å². The van der Waals surface area contributed by atoms with E-state index in [2.05, 4.69) is 17.6 Å². The molecule has 0 aromatic heterocycles. The molecule has 6 heteroatoms. The number of benzene rings is 1. The molecule has 1 heterocycles. The number of anilines is 1. The number of hydrogen-bond donors (Lipinski definition) is 2. The molecular weight excluding hydrogens is 309 g/mol. The molecule has 0 atom stereocenters. The van der Waals surface area contributed by atoms with Crippen LogP contribution in [0, 0.1) is 0 Å². The van der Waals surface area contributed by atoms with E-state index in [0.29, 0.717) is 21.8 Å². The largest absolute Gasteiger partial charge is 0.322 e. The summed E-state index contributed by atoms with van der Waals surface area (Å²) in [6.45, 7) is 4.75. The number of halogens is 2. The van der Waals surface area contributed by atoms with Crippen LogP contribution in [0.5, 0.6) is 0 Å². The zero-order chi connectivity index (χ0) is 15.2. The molecule has 0 spiro atoms. The van der Waals surface area contributed by atoms with Crippen LogP contribution in [0.2, 0.25) is 10.0 Å². The van der Waals surface area contributed by atoms with Crippen molar-refractivity contribution in [3.8, 4) is 0 Å². The molecule has 1 aliphatic rings. The number of piperidine rings is 1. The number of amides is 2. The van der Waals surface area contributed by atoms with Crippen LogP contribution < -0.4 is 10.6 Å². The van der Waals surface area contributed by atoms with Gasteiger partial charge in [-0.05, 0) is 50.6 Å². The Labute approximate surface area is 135 Å². The van der Waals surface area contributed by atoms with Gasteiger partial charge in [0.1, 0.15) is 0 Å². The average Bonchev–Trinajstić information content (AvgIpc) is 2.44. The first kappa shape index (κ1) is 16.4. The highest BCUT2D eigenvalue weighted by Gasteiger charge is 2.24. The molecule has 1 fully saturated rings. The van der Waals surface area contributed by atoms with Gasteiger partial charge in [0.2, 0.25) is 0 Å². The van der Waals surface area contributed by atoms with E-state index in [1.807, 2.05) is 4.90 Å². The maximum Gasteiger partial charge on any atom is 0.322 e. The minimum Gasteiger partial charge on any atom is -0.321 e. The van der Waals surface area contributed by atoms with E-state index in [1.165, 1.54) is 0 Å². The molecule has 0 radical (unpaired) electrons. The Balaban J connectivity index is 2.06. The van der Waals surface area contributed by atoms with Gasteiger partial charge in [0.25, 0.3) is 0 Å². The van der Waals surface area contributed by atoms with Crippen molar-refractivity contribution < 1.29 is 4.79 Å². The predicted molar refractivity (Wildman–Crippen MR) is 88.4 cm³/mol. The molecule has 1 aromatic carbocycles. The Morgan fingerprint density at radius 1 is 1.29 bits per heavy atom. The first-order chi connectivity index (χ1) is 10.1. The summed E-state index contributed by atoms with van der Waals surface area (Å²) in [4.78, 5) is 14.5. The van der Waals surface area contributed by atoms with E-state index in [4.69, 9.17) is 23.2 Å². The van der Waals surface area contributed by atoms with Gasteiger partial charge in [-0.2, -0.15) is 0 Å². The Morgan fingerprint density at radius 3 is 2.48 bits per heavy atom. The van der Waals surface area contributed by atoms with E-state index >= 15 is 0 Å². The van der Waals surface area contributed by atoms with Crippen molar-refractivity contribution >= 4 is 34.9 Å². The molecule has 21 heavy (non-hydrogen) atoms. The summed E-state index contributed by atoms with van der Waals surface area (Å²) in [6, 6.07) is 5.27. The molecule has 2 rings (SSSR count). The zero-order valence-corrected chi connectivity index (χ0v) is 13.7. The molecule has 1 aliphatic heterocycles. The van der Waals surface area contributed by atoms with Gasteiger partial charge in [0, 0.05) is 28.3 Å². The van der Waals surface area contributed by atoms with E-state index in [1.54, 1.807) is 18.2 Å². The van der Waals surface area contributed by atoms with Gasteiger partial charge in [-0.15, -0.1) is 0 Å². The lowest BCUT2D eigenvalue weighted by Gasteiger charge is -2.34. The van der Waals surface area contributed by atoms with Crippen LogP contribution in [0.25, 0.3) is 0 Å². The summed E-state index contributed by atoms with van der Waals surface area (Å²) in [5.74, 6) is 0. The van der Waals surface area contributed by atoms with Gasteiger partial charge in [-0.25, -0.2) is 4.79 Å². The van der Waals surface area contributed by atoms with Crippen LogP contribution in [-0.4, -0.2) is 36.6 Å². The van der Waals surface area contributed by atoms with Gasteiger partial charge in [0.05, 0.1) is 0 Å². The minimum absolute atomic E-state index is 0.0814. The van der Waals surface area contributed by atoms with E-state index < -0.39 is 0 Å². The van der Waals surface area contributed by atoms with Crippen molar-refractivity contribution in [2.75, 3.05) is 25.0 Å². The quantitative estimate of drug-likeness (QED) is 0.877. The summed E-state index contributed by atoms with van der Waals surface area (Å²) in [5.41, 5.74) is 0.632. The van der Waals surface area contributed by atoms with Gasteiger partial charge in [-0.1, -0.05) is 30.1 Å². The highest BCUT2D eigenvalue weighted by Crippen LogP contribution is 2.23. The molecule has 2 amide bonds. The van der Waals surface area contributed by atoms with Gasteiger partial charge in [-0.3, -0.25) is 0 Å². The second-order valence-electron chi connectivity index (χ2n) is 5.26. The van der Waals surface area contributed by atoms with Crippen LogP contribution >= 0.6 is 23.2 Å². The number of urea groups is 1. The fourth-order valence-corrected chi connectivity index (χ4v) is 3.16. The Morgan fingerprint density at radius 2 is 1.90 bits per heavy atom. The highest BCUT2D eigenvalue weighted by atomic mass is 35.5. The monoisotopic (exact) mass is 329 g/mol. The maximum atomic E-state index is 12.5. The minimum atomic E-state index is -0.0814. The van der Waals surface area contributed by atoms with E-state index in [0.717, 1.165) is 38.9 Å².